The molecule has 1 aromatic carbocycles. The van der Waals surface area contributed by atoms with Crippen LogP contribution in [0.2, 0.25) is 0 Å². The summed E-state index contributed by atoms with van der Waals surface area (Å²) in [6.45, 7) is 0. The Balaban J connectivity index is 2.14. The van der Waals surface area contributed by atoms with Gasteiger partial charge >= 0.3 is 6.18 Å². The SMILES string of the molecule is NC1(Cc2cc(F)cc(F)c2)CCCC(C(F)(F)F)C1. The molecule has 0 saturated heterocycles. The number of halogens is 5. The number of rotatable bonds is 2. The number of hydrogen-bond donors (Lipinski definition) is 1. The predicted molar refractivity (Wildman–Crippen MR) is 65.0 cm³/mol. The highest BCUT2D eigenvalue weighted by molar-refractivity contribution is 5.20. The second-order valence-electron chi connectivity index (χ2n) is 5.65. The normalized spacial score (nSPS) is 27.6. The summed E-state index contributed by atoms with van der Waals surface area (Å²) in [4.78, 5) is 0. The molecule has 112 valence electrons. The van der Waals surface area contributed by atoms with E-state index in [0.29, 0.717) is 18.4 Å². The summed E-state index contributed by atoms with van der Waals surface area (Å²) in [5.74, 6) is -2.92. The van der Waals surface area contributed by atoms with E-state index in [2.05, 4.69) is 0 Å². The summed E-state index contributed by atoms with van der Waals surface area (Å²) in [6, 6.07) is 2.97. The molecule has 1 nitrogen and oxygen atoms in total. The van der Waals surface area contributed by atoms with E-state index in [1.807, 2.05) is 0 Å². The molecule has 0 amide bonds. The maximum atomic E-state index is 13.1. The van der Waals surface area contributed by atoms with E-state index >= 15 is 0 Å². The van der Waals surface area contributed by atoms with Crippen LogP contribution in [-0.4, -0.2) is 11.7 Å². The molecule has 2 N–H and O–H groups in total. The largest absolute Gasteiger partial charge is 0.391 e. The van der Waals surface area contributed by atoms with Gasteiger partial charge in [-0.1, -0.05) is 6.42 Å². The van der Waals surface area contributed by atoms with Crippen LogP contribution in [0, 0.1) is 17.6 Å². The van der Waals surface area contributed by atoms with Gasteiger partial charge in [-0.25, -0.2) is 8.78 Å². The molecule has 2 unspecified atom stereocenters. The number of benzene rings is 1. The molecule has 2 atom stereocenters. The van der Waals surface area contributed by atoms with E-state index in [-0.39, 0.29) is 19.3 Å². The second-order valence-corrected chi connectivity index (χ2v) is 5.65. The van der Waals surface area contributed by atoms with Crippen molar-refractivity contribution >= 4 is 0 Å². The van der Waals surface area contributed by atoms with E-state index in [1.165, 1.54) is 0 Å². The van der Waals surface area contributed by atoms with Crippen molar-refractivity contribution in [2.24, 2.45) is 11.7 Å². The van der Waals surface area contributed by atoms with E-state index in [0.717, 1.165) is 18.2 Å². The lowest BCUT2D eigenvalue weighted by Gasteiger charge is -2.39. The molecular weight excluding hydrogens is 277 g/mol. The lowest BCUT2D eigenvalue weighted by atomic mass is 9.73. The first-order valence-corrected chi connectivity index (χ1v) is 6.49. The molecule has 1 fully saturated rings. The number of hydrogen-bond acceptors (Lipinski definition) is 1. The van der Waals surface area contributed by atoms with Gasteiger partial charge < -0.3 is 5.73 Å². The zero-order valence-electron chi connectivity index (χ0n) is 10.8. The van der Waals surface area contributed by atoms with Crippen molar-refractivity contribution in [2.45, 2.75) is 43.8 Å². The molecule has 0 aromatic heterocycles. The first-order chi connectivity index (χ1) is 9.18. The number of alkyl halides is 3. The van der Waals surface area contributed by atoms with Crippen LogP contribution < -0.4 is 5.73 Å². The highest BCUT2D eigenvalue weighted by atomic mass is 19.4. The van der Waals surface area contributed by atoms with Gasteiger partial charge in [-0.05, 0) is 43.4 Å². The first kappa shape index (κ1) is 15.2. The molecule has 20 heavy (non-hydrogen) atoms. The van der Waals surface area contributed by atoms with Crippen molar-refractivity contribution in [1.29, 1.82) is 0 Å². The minimum absolute atomic E-state index is 0.0499. The molecule has 0 aliphatic heterocycles. The Bertz CT molecular complexity index is 465. The summed E-state index contributed by atoms with van der Waals surface area (Å²) in [7, 11) is 0. The smallest absolute Gasteiger partial charge is 0.325 e. The first-order valence-electron chi connectivity index (χ1n) is 6.49. The average molecular weight is 293 g/mol. The van der Waals surface area contributed by atoms with Gasteiger partial charge in [-0.15, -0.1) is 0 Å². The Hall–Kier alpha value is -1.17. The third kappa shape index (κ3) is 3.69. The highest BCUT2D eigenvalue weighted by Crippen LogP contribution is 2.41. The van der Waals surface area contributed by atoms with Gasteiger partial charge in [-0.3, -0.25) is 0 Å². The minimum Gasteiger partial charge on any atom is -0.325 e. The number of nitrogens with two attached hydrogens (primary N) is 1. The molecule has 2 rings (SSSR count). The fourth-order valence-electron chi connectivity index (χ4n) is 2.95. The van der Waals surface area contributed by atoms with Crippen molar-refractivity contribution in [3.63, 3.8) is 0 Å². The minimum atomic E-state index is -4.27. The Labute approximate surface area is 114 Å². The van der Waals surface area contributed by atoms with Gasteiger partial charge in [0.05, 0.1) is 5.92 Å². The van der Waals surface area contributed by atoms with Crippen LogP contribution in [0.5, 0.6) is 0 Å². The Morgan fingerprint density at radius 1 is 1.15 bits per heavy atom. The predicted octanol–water partition coefficient (Wildman–Crippen LogP) is 3.96. The molecule has 0 radical (unpaired) electrons. The lowest BCUT2D eigenvalue weighted by molar-refractivity contribution is -0.187. The lowest BCUT2D eigenvalue weighted by Crippen LogP contribution is -2.48. The van der Waals surface area contributed by atoms with Crippen LogP contribution in [0.4, 0.5) is 22.0 Å². The third-order valence-electron chi connectivity index (χ3n) is 3.82. The van der Waals surface area contributed by atoms with Gasteiger partial charge in [-0.2, -0.15) is 13.2 Å². The highest BCUT2D eigenvalue weighted by Gasteiger charge is 2.46. The van der Waals surface area contributed by atoms with Crippen LogP contribution in [0.15, 0.2) is 18.2 Å². The van der Waals surface area contributed by atoms with E-state index in [1.54, 1.807) is 0 Å². The van der Waals surface area contributed by atoms with Gasteiger partial charge in [0.15, 0.2) is 0 Å². The van der Waals surface area contributed by atoms with Crippen LogP contribution in [-0.2, 0) is 6.42 Å². The maximum absolute atomic E-state index is 13.1. The van der Waals surface area contributed by atoms with Gasteiger partial charge in [0.25, 0.3) is 0 Å². The zero-order valence-corrected chi connectivity index (χ0v) is 10.8. The second kappa shape index (κ2) is 5.31. The Kier molecular flexibility index (Phi) is 4.04. The topological polar surface area (TPSA) is 26.0 Å². The molecule has 6 heteroatoms. The molecule has 0 heterocycles. The molecule has 1 aromatic rings. The van der Waals surface area contributed by atoms with Crippen LogP contribution in [0.25, 0.3) is 0 Å². The maximum Gasteiger partial charge on any atom is 0.391 e. The summed E-state index contributed by atoms with van der Waals surface area (Å²) in [5.41, 5.74) is 5.28. The zero-order chi connectivity index (χ0) is 15.0. The molecule has 1 aliphatic carbocycles. The van der Waals surface area contributed by atoms with Crippen molar-refractivity contribution in [3.8, 4) is 0 Å². The summed E-state index contributed by atoms with van der Waals surface area (Å²) < 4.78 is 64.6. The van der Waals surface area contributed by atoms with Crippen molar-refractivity contribution < 1.29 is 22.0 Å². The van der Waals surface area contributed by atoms with E-state index in [4.69, 9.17) is 5.73 Å². The quantitative estimate of drug-likeness (QED) is 0.821. The molecule has 1 aliphatic rings. The van der Waals surface area contributed by atoms with Gasteiger partial charge in [0, 0.05) is 11.6 Å². The Morgan fingerprint density at radius 3 is 2.30 bits per heavy atom. The summed E-state index contributed by atoms with van der Waals surface area (Å²) in [6.07, 6.45) is -3.54. The van der Waals surface area contributed by atoms with Crippen molar-refractivity contribution in [2.75, 3.05) is 0 Å². The summed E-state index contributed by atoms with van der Waals surface area (Å²) in [5, 5.41) is 0. The molecular formula is C14H16F5N. The van der Waals surface area contributed by atoms with Crippen LogP contribution in [0.1, 0.15) is 31.2 Å². The monoisotopic (exact) mass is 293 g/mol. The van der Waals surface area contributed by atoms with Crippen molar-refractivity contribution in [3.05, 3.63) is 35.4 Å². The molecule has 0 bridgehead atoms. The average Bonchev–Trinajstić information content (AvgIpc) is 2.25. The fourth-order valence-corrected chi connectivity index (χ4v) is 2.95. The Morgan fingerprint density at radius 2 is 1.75 bits per heavy atom. The van der Waals surface area contributed by atoms with Crippen LogP contribution >= 0.6 is 0 Å². The van der Waals surface area contributed by atoms with E-state index < -0.39 is 29.3 Å². The standard InChI is InChI=1S/C14H16F5N/c15-11-4-9(5-12(16)6-11)7-13(20)3-1-2-10(8-13)14(17,18)19/h4-6,10H,1-3,7-8,20H2. The fraction of sp³-hybridized carbons (Fsp3) is 0.571. The van der Waals surface area contributed by atoms with Gasteiger partial charge in [0.1, 0.15) is 11.6 Å². The molecule has 1 saturated carbocycles. The van der Waals surface area contributed by atoms with E-state index in [9.17, 15) is 22.0 Å². The van der Waals surface area contributed by atoms with Crippen LogP contribution in [0.3, 0.4) is 0 Å². The third-order valence-corrected chi connectivity index (χ3v) is 3.82. The summed E-state index contributed by atoms with van der Waals surface area (Å²) >= 11 is 0. The van der Waals surface area contributed by atoms with Gasteiger partial charge in [0.2, 0.25) is 0 Å². The van der Waals surface area contributed by atoms with Crippen molar-refractivity contribution in [1.82, 2.24) is 0 Å². The molecule has 0 spiro atoms.